The first-order chi connectivity index (χ1) is 14.7. The molecule has 0 radical (unpaired) electrons. The number of thiophene rings is 1. The summed E-state index contributed by atoms with van der Waals surface area (Å²) in [7, 11) is 0. The molecule has 4 aromatic rings. The van der Waals surface area contributed by atoms with Crippen molar-refractivity contribution in [1.82, 2.24) is 20.0 Å². The number of benzene rings is 1. The number of carbonyl (C=O) groups excluding carboxylic acids is 1. The van der Waals surface area contributed by atoms with Crippen LogP contribution in [0, 0.1) is 0 Å². The molecule has 1 saturated heterocycles. The number of hydrogen-bond acceptors (Lipinski definition) is 7. The van der Waals surface area contributed by atoms with Crippen molar-refractivity contribution in [1.29, 1.82) is 0 Å². The Hall–Kier alpha value is -3.30. The highest BCUT2D eigenvalue weighted by molar-refractivity contribution is 7.11. The molecule has 152 valence electrons. The molecule has 1 aliphatic heterocycles. The Morgan fingerprint density at radius 3 is 2.87 bits per heavy atom. The summed E-state index contributed by atoms with van der Waals surface area (Å²) < 4.78 is 7.08. The van der Waals surface area contributed by atoms with Gasteiger partial charge in [0.15, 0.2) is 5.65 Å². The molecule has 1 atom stereocenters. The lowest BCUT2D eigenvalue weighted by Gasteiger charge is -2.10. The summed E-state index contributed by atoms with van der Waals surface area (Å²) in [6.07, 6.45) is 3.68. The molecule has 9 heteroatoms. The summed E-state index contributed by atoms with van der Waals surface area (Å²) in [4.78, 5) is 23.4. The van der Waals surface area contributed by atoms with Gasteiger partial charge in [0.25, 0.3) is 5.91 Å². The molecule has 8 nitrogen and oxygen atoms in total. The summed E-state index contributed by atoms with van der Waals surface area (Å²) in [6, 6.07) is 11.4. The van der Waals surface area contributed by atoms with E-state index in [1.54, 1.807) is 17.6 Å². The second-order valence-electron chi connectivity index (χ2n) is 7.06. The summed E-state index contributed by atoms with van der Waals surface area (Å²) in [6.45, 7) is 1.17. The molecule has 3 aromatic heterocycles. The van der Waals surface area contributed by atoms with E-state index in [-0.39, 0.29) is 23.4 Å². The summed E-state index contributed by atoms with van der Waals surface area (Å²) >= 11 is 1.56. The Morgan fingerprint density at radius 1 is 1.30 bits per heavy atom. The fourth-order valence-corrected chi connectivity index (χ4v) is 4.15. The first-order valence-corrected chi connectivity index (χ1v) is 10.6. The number of aromatic nitrogens is 3. The Balaban J connectivity index is 1.60. The molecular weight excluding hydrogens is 400 g/mol. The fraction of sp³-hybridized carbons (Fsp3) is 0.238. The van der Waals surface area contributed by atoms with E-state index in [1.165, 1.54) is 4.68 Å². The van der Waals surface area contributed by atoms with E-state index in [0.29, 0.717) is 28.7 Å². The van der Waals surface area contributed by atoms with Crippen LogP contribution in [0.1, 0.15) is 28.1 Å². The Morgan fingerprint density at radius 2 is 2.13 bits per heavy atom. The maximum absolute atomic E-state index is 13.0. The topological polar surface area (TPSA) is 107 Å². The Kier molecular flexibility index (Phi) is 4.89. The van der Waals surface area contributed by atoms with Gasteiger partial charge in [0.1, 0.15) is 16.9 Å². The van der Waals surface area contributed by atoms with Crippen molar-refractivity contribution in [3.05, 3.63) is 52.2 Å². The smallest absolute Gasteiger partial charge is 0.257 e. The van der Waals surface area contributed by atoms with E-state index in [9.17, 15) is 4.79 Å². The molecule has 0 aliphatic carbocycles. The van der Waals surface area contributed by atoms with E-state index < -0.39 is 0 Å². The average Bonchev–Trinajstić information content (AvgIpc) is 3.50. The van der Waals surface area contributed by atoms with Gasteiger partial charge in [-0.3, -0.25) is 4.79 Å². The molecule has 3 N–H and O–H groups in total. The van der Waals surface area contributed by atoms with Crippen LogP contribution < -0.4 is 11.1 Å². The van der Waals surface area contributed by atoms with E-state index >= 15 is 0 Å². The Bertz CT molecular complexity index is 1240. The summed E-state index contributed by atoms with van der Waals surface area (Å²) in [5.41, 5.74) is 8.94. The van der Waals surface area contributed by atoms with Crippen molar-refractivity contribution in [2.75, 3.05) is 18.9 Å². The minimum atomic E-state index is -0.303. The zero-order valence-electron chi connectivity index (χ0n) is 16.1. The SMILES string of the molecule is Nc1c(C(=O)NCC2CCCO2)c2nc3ccccc3nc2n1/N=C/c1cccs1. The van der Waals surface area contributed by atoms with Gasteiger partial charge in [-0.15, -0.1) is 11.3 Å². The number of nitrogens with one attached hydrogen (secondary N) is 1. The first kappa shape index (κ1) is 18.7. The first-order valence-electron chi connectivity index (χ1n) is 9.75. The van der Waals surface area contributed by atoms with Crippen LogP contribution in [0.5, 0.6) is 0 Å². The predicted molar refractivity (Wildman–Crippen MR) is 118 cm³/mol. The fourth-order valence-electron chi connectivity index (χ4n) is 3.57. The average molecular weight is 420 g/mol. The molecule has 1 fully saturated rings. The minimum Gasteiger partial charge on any atom is -0.383 e. The van der Waals surface area contributed by atoms with Crippen LogP contribution in [0.4, 0.5) is 5.82 Å². The van der Waals surface area contributed by atoms with Crippen molar-refractivity contribution in [3.8, 4) is 0 Å². The third kappa shape index (κ3) is 3.42. The maximum Gasteiger partial charge on any atom is 0.257 e. The van der Waals surface area contributed by atoms with Gasteiger partial charge in [0.05, 0.1) is 23.4 Å². The van der Waals surface area contributed by atoms with Crippen LogP contribution >= 0.6 is 11.3 Å². The standard InChI is InChI=1S/C21H20N6O2S/c22-19-17(21(28)23-11-13-5-3-9-29-13)18-20(26-16-8-2-1-7-15(16)25-18)27(19)24-12-14-6-4-10-30-14/h1-2,4,6-8,10,12-13H,3,5,9,11,22H2,(H,23,28)/b24-12+. The van der Waals surface area contributed by atoms with Gasteiger partial charge in [-0.05, 0) is 36.4 Å². The number of para-hydroxylation sites is 2. The zero-order valence-corrected chi connectivity index (χ0v) is 16.9. The van der Waals surface area contributed by atoms with Crippen molar-refractivity contribution >= 4 is 51.5 Å². The largest absolute Gasteiger partial charge is 0.383 e. The molecule has 1 aromatic carbocycles. The molecule has 5 rings (SSSR count). The number of hydrogen-bond donors (Lipinski definition) is 2. The van der Waals surface area contributed by atoms with Crippen LogP contribution in [0.2, 0.25) is 0 Å². The molecular formula is C21H20N6O2S. The lowest BCUT2D eigenvalue weighted by Crippen LogP contribution is -2.32. The van der Waals surface area contributed by atoms with Crippen LogP contribution in [-0.4, -0.2) is 46.0 Å². The second kappa shape index (κ2) is 7.85. The number of rotatable bonds is 5. The third-order valence-corrected chi connectivity index (χ3v) is 5.87. The monoisotopic (exact) mass is 420 g/mol. The molecule has 1 amide bonds. The number of nitrogen functional groups attached to an aromatic ring is 1. The molecule has 4 heterocycles. The van der Waals surface area contributed by atoms with Gasteiger partial charge in [-0.25, -0.2) is 9.97 Å². The zero-order chi connectivity index (χ0) is 20.5. The van der Waals surface area contributed by atoms with E-state index in [0.717, 1.165) is 24.3 Å². The van der Waals surface area contributed by atoms with Crippen LogP contribution in [0.3, 0.4) is 0 Å². The summed E-state index contributed by atoms with van der Waals surface area (Å²) in [5.74, 6) is -0.0967. The van der Waals surface area contributed by atoms with Crippen LogP contribution in [-0.2, 0) is 4.74 Å². The number of ether oxygens (including phenoxy) is 1. The number of amides is 1. The highest BCUT2D eigenvalue weighted by atomic mass is 32.1. The minimum absolute atomic E-state index is 0.0345. The van der Waals surface area contributed by atoms with E-state index in [1.807, 2.05) is 41.8 Å². The number of fused-ring (bicyclic) bond motifs is 2. The molecule has 0 bridgehead atoms. The molecule has 0 spiro atoms. The van der Waals surface area contributed by atoms with Gasteiger partial charge >= 0.3 is 0 Å². The van der Waals surface area contributed by atoms with Crippen molar-refractivity contribution in [2.24, 2.45) is 5.10 Å². The highest BCUT2D eigenvalue weighted by Gasteiger charge is 2.25. The van der Waals surface area contributed by atoms with Gasteiger partial charge < -0.3 is 15.8 Å². The molecule has 0 saturated carbocycles. The maximum atomic E-state index is 13.0. The number of carbonyl (C=O) groups is 1. The van der Waals surface area contributed by atoms with Crippen molar-refractivity contribution < 1.29 is 9.53 Å². The second-order valence-corrected chi connectivity index (χ2v) is 8.04. The molecule has 30 heavy (non-hydrogen) atoms. The van der Waals surface area contributed by atoms with Crippen molar-refractivity contribution in [2.45, 2.75) is 18.9 Å². The van der Waals surface area contributed by atoms with Crippen LogP contribution in [0.15, 0.2) is 46.9 Å². The van der Waals surface area contributed by atoms with E-state index in [4.69, 9.17) is 10.5 Å². The quantitative estimate of drug-likeness (QED) is 0.483. The lowest BCUT2D eigenvalue weighted by molar-refractivity contribution is 0.0859. The Labute approximate surface area is 176 Å². The van der Waals surface area contributed by atoms with Gasteiger partial charge in [-0.1, -0.05) is 18.2 Å². The van der Waals surface area contributed by atoms with Gasteiger partial charge in [0.2, 0.25) is 0 Å². The predicted octanol–water partition coefficient (Wildman–Crippen LogP) is 3.02. The number of anilines is 1. The third-order valence-electron chi connectivity index (χ3n) is 5.06. The molecule has 1 unspecified atom stereocenters. The van der Waals surface area contributed by atoms with Crippen LogP contribution in [0.25, 0.3) is 22.2 Å². The number of nitrogens with two attached hydrogens (primary N) is 1. The van der Waals surface area contributed by atoms with E-state index in [2.05, 4.69) is 20.4 Å². The van der Waals surface area contributed by atoms with Gasteiger partial charge in [-0.2, -0.15) is 9.78 Å². The van der Waals surface area contributed by atoms with Gasteiger partial charge in [0, 0.05) is 18.0 Å². The van der Waals surface area contributed by atoms with Crippen molar-refractivity contribution in [3.63, 3.8) is 0 Å². The molecule has 1 aliphatic rings. The highest BCUT2D eigenvalue weighted by Crippen LogP contribution is 2.28. The normalized spacial score (nSPS) is 16.7. The summed E-state index contributed by atoms with van der Waals surface area (Å²) in [5, 5.41) is 9.39. The lowest BCUT2D eigenvalue weighted by atomic mass is 10.2. The number of nitrogens with zero attached hydrogens (tertiary/aromatic N) is 4.